The Hall–Kier alpha value is -3.98. The van der Waals surface area contributed by atoms with E-state index in [1.54, 1.807) is 6.92 Å². The molecule has 38 heavy (non-hydrogen) atoms. The lowest BCUT2D eigenvalue weighted by atomic mass is 9.83. The Kier molecular flexibility index (Phi) is 15.0. The third-order valence-corrected chi connectivity index (χ3v) is 5.30. The van der Waals surface area contributed by atoms with Gasteiger partial charge in [-0.3, -0.25) is 24.0 Å². The maximum absolute atomic E-state index is 13.0. The maximum atomic E-state index is 13.0. The number of carboxylic acid groups (broad SMARTS) is 1. The van der Waals surface area contributed by atoms with E-state index in [0.29, 0.717) is 6.42 Å². The van der Waals surface area contributed by atoms with Gasteiger partial charge in [0, 0.05) is 18.9 Å². The Labute approximate surface area is 218 Å². The Morgan fingerprint density at radius 2 is 1.61 bits per heavy atom. The first-order valence-corrected chi connectivity index (χ1v) is 11.6. The number of carbonyl (C=O) groups is 8. The van der Waals surface area contributed by atoms with Crippen molar-refractivity contribution < 1.29 is 52.9 Å². The van der Waals surface area contributed by atoms with Crippen molar-refractivity contribution in [3.8, 4) is 0 Å². The molecule has 2 amide bonds. The van der Waals surface area contributed by atoms with Gasteiger partial charge in [-0.05, 0) is 46.6 Å². The molecule has 212 valence electrons. The van der Waals surface area contributed by atoms with E-state index >= 15 is 0 Å². The van der Waals surface area contributed by atoms with Crippen LogP contribution in [0.5, 0.6) is 0 Å². The molecule has 0 aliphatic carbocycles. The quantitative estimate of drug-likeness (QED) is 0.0556. The van der Waals surface area contributed by atoms with E-state index in [1.165, 1.54) is 13.1 Å². The summed E-state index contributed by atoms with van der Waals surface area (Å²) in [6, 6.07) is -2.99. The standard InChI is InChI=1S/C23H34N4O11/c1-13(24)6-4-5-11-23(14(2)29,21(35)37-12-28)22(36)38-20(34)16(8-10-18(31)32)27-19(33)15(26-3)7-9-17(25)30/h5,11-13,15-16,26H,4,6-10,24H2,1-3H3,(H2,25,30)(H,27,33)(H,31,32)/b11-5+/t13?,15-,16-,23?/m0/s1. The molecule has 0 aromatic heterocycles. The van der Waals surface area contributed by atoms with Gasteiger partial charge in [-0.15, -0.1) is 0 Å². The number of ether oxygens (including phenoxy) is 2. The van der Waals surface area contributed by atoms with Crippen LogP contribution >= 0.6 is 0 Å². The van der Waals surface area contributed by atoms with E-state index in [-0.39, 0.29) is 31.8 Å². The molecule has 0 heterocycles. The minimum absolute atomic E-state index is 0.0610. The van der Waals surface area contributed by atoms with Crippen molar-refractivity contribution >= 4 is 47.9 Å². The molecule has 0 aromatic carbocycles. The van der Waals surface area contributed by atoms with Crippen molar-refractivity contribution in [3.63, 3.8) is 0 Å². The molecule has 0 rings (SSSR count). The number of Topliss-reactive ketones (excluding diaryl/α,β-unsaturated/α-hetero) is 1. The predicted molar refractivity (Wildman–Crippen MR) is 128 cm³/mol. The molecule has 7 N–H and O–H groups in total. The van der Waals surface area contributed by atoms with E-state index in [4.69, 9.17) is 21.3 Å². The van der Waals surface area contributed by atoms with Crippen molar-refractivity contribution in [1.82, 2.24) is 10.6 Å². The van der Waals surface area contributed by atoms with Gasteiger partial charge in [-0.2, -0.15) is 0 Å². The Morgan fingerprint density at radius 3 is 2.08 bits per heavy atom. The zero-order valence-corrected chi connectivity index (χ0v) is 21.4. The number of carbonyl (C=O) groups excluding carboxylic acids is 7. The second-order valence-corrected chi connectivity index (χ2v) is 8.37. The van der Waals surface area contributed by atoms with Gasteiger partial charge in [-0.25, -0.2) is 14.4 Å². The Bertz CT molecular complexity index is 948. The summed E-state index contributed by atoms with van der Waals surface area (Å²) in [5.41, 5.74) is 7.88. The number of ketones is 1. The molecule has 4 atom stereocenters. The highest BCUT2D eigenvalue weighted by atomic mass is 16.6. The second-order valence-electron chi connectivity index (χ2n) is 8.37. The molecule has 0 fully saturated rings. The lowest BCUT2D eigenvalue weighted by molar-refractivity contribution is -0.175. The SMILES string of the molecule is CN[C@@H](CCC(N)=O)C(=O)N[C@@H](CCC(=O)O)C(=O)OC(=O)C(/C=C/CCC(C)N)(C(C)=O)C(=O)OC=O. The first-order chi connectivity index (χ1) is 17.7. The highest BCUT2D eigenvalue weighted by Gasteiger charge is 2.53. The van der Waals surface area contributed by atoms with Crippen LogP contribution < -0.4 is 22.1 Å². The van der Waals surface area contributed by atoms with Gasteiger partial charge in [0.05, 0.1) is 6.04 Å². The van der Waals surface area contributed by atoms with Crippen LogP contribution in [0.3, 0.4) is 0 Å². The van der Waals surface area contributed by atoms with Crippen LogP contribution in [0, 0.1) is 5.41 Å². The molecule has 0 spiro atoms. The summed E-state index contributed by atoms with van der Waals surface area (Å²) < 4.78 is 8.96. The van der Waals surface area contributed by atoms with Crippen LogP contribution in [0.4, 0.5) is 0 Å². The molecular formula is C23H34N4O11. The number of hydrogen-bond acceptors (Lipinski definition) is 12. The molecule has 0 bridgehead atoms. The number of nitrogens with two attached hydrogens (primary N) is 2. The molecule has 0 aliphatic rings. The average molecular weight is 543 g/mol. The van der Waals surface area contributed by atoms with Crippen molar-refractivity contribution in [2.24, 2.45) is 16.9 Å². The molecule has 2 unspecified atom stereocenters. The summed E-state index contributed by atoms with van der Waals surface area (Å²) in [5, 5.41) is 13.8. The fourth-order valence-electron chi connectivity index (χ4n) is 3.11. The normalized spacial score (nSPS) is 14.8. The van der Waals surface area contributed by atoms with Crippen molar-refractivity contribution in [3.05, 3.63) is 12.2 Å². The summed E-state index contributed by atoms with van der Waals surface area (Å²) >= 11 is 0. The number of esters is 3. The van der Waals surface area contributed by atoms with E-state index < -0.39 is 71.8 Å². The number of nitrogens with one attached hydrogen (secondary N) is 2. The molecule has 0 aromatic rings. The number of rotatable bonds is 18. The molecular weight excluding hydrogens is 508 g/mol. The van der Waals surface area contributed by atoms with Gasteiger partial charge in [0.25, 0.3) is 0 Å². The minimum atomic E-state index is -2.84. The number of aliphatic carboxylic acids is 1. The Morgan fingerprint density at radius 1 is 1.00 bits per heavy atom. The van der Waals surface area contributed by atoms with Crippen LogP contribution in [0.25, 0.3) is 0 Å². The van der Waals surface area contributed by atoms with Gasteiger partial charge in [-0.1, -0.05) is 12.2 Å². The Balaban J connectivity index is 6.07. The molecule has 0 saturated carbocycles. The third-order valence-electron chi connectivity index (χ3n) is 5.30. The lowest BCUT2D eigenvalue weighted by Gasteiger charge is -2.24. The van der Waals surface area contributed by atoms with Crippen LogP contribution in [0.2, 0.25) is 0 Å². The highest BCUT2D eigenvalue weighted by molar-refractivity contribution is 6.23. The molecule has 0 aliphatic heterocycles. The van der Waals surface area contributed by atoms with Gasteiger partial charge in [0.1, 0.15) is 6.04 Å². The van der Waals surface area contributed by atoms with Crippen molar-refractivity contribution in [1.29, 1.82) is 0 Å². The zero-order valence-electron chi connectivity index (χ0n) is 21.4. The summed E-state index contributed by atoms with van der Waals surface area (Å²) in [6.07, 6.45) is 1.26. The summed E-state index contributed by atoms with van der Waals surface area (Å²) in [4.78, 5) is 96.3. The summed E-state index contributed by atoms with van der Waals surface area (Å²) in [5.74, 6) is -8.87. The second kappa shape index (κ2) is 16.7. The fraction of sp³-hybridized carbons (Fsp3) is 0.565. The van der Waals surface area contributed by atoms with Crippen LogP contribution in [-0.2, 0) is 47.8 Å². The lowest BCUT2D eigenvalue weighted by Crippen LogP contribution is -2.52. The van der Waals surface area contributed by atoms with Crippen molar-refractivity contribution in [2.75, 3.05) is 7.05 Å². The fourth-order valence-corrected chi connectivity index (χ4v) is 3.11. The van der Waals surface area contributed by atoms with Crippen LogP contribution in [-0.4, -0.2) is 78.2 Å². The zero-order chi connectivity index (χ0) is 29.5. The molecule has 15 heteroatoms. The van der Waals surface area contributed by atoms with Gasteiger partial charge < -0.3 is 36.7 Å². The highest BCUT2D eigenvalue weighted by Crippen LogP contribution is 2.26. The number of likely N-dealkylation sites (N-methyl/N-ethyl adjacent to an activating group) is 1. The van der Waals surface area contributed by atoms with E-state index in [0.717, 1.165) is 13.0 Å². The first-order valence-electron chi connectivity index (χ1n) is 11.6. The number of amides is 2. The van der Waals surface area contributed by atoms with Gasteiger partial charge in [0.2, 0.25) is 17.2 Å². The maximum Gasteiger partial charge on any atom is 0.342 e. The summed E-state index contributed by atoms with van der Waals surface area (Å²) in [7, 11) is 1.39. The van der Waals surface area contributed by atoms with Crippen LogP contribution in [0.15, 0.2) is 12.2 Å². The first kappa shape index (κ1) is 34.0. The molecule has 0 saturated heterocycles. The van der Waals surface area contributed by atoms with Crippen molar-refractivity contribution in [2.45, 2.75) is 70.5 Å². The monoisotopic (exact) mass is 542 g/mol. The largest absolute Gasteiger partial charge is 0.481 e. The van der Waals surface area contributed by atoms with Crippen LogP contribution in [0.1, 0.15) is 52.4 Å². The number of carboxylic acids is 1. The molecule has 15 nitrogen and oxygen atoms in total. The van der Waals surface area contributed by atoms with E-state index in [1.807, 2.05) is 0 Å². The molecule has 0 radical (unpaired) electrons. The van der Waals surface area contributed by atoms with Gasteiger partial charge in [0.15, 0.2) is 5.78 Å². The number of hydrogen-bond donors (Lipinski definition) is 5. The average Bonchev–Trinajstić information content (AvgIpc) is 2.81. The van der Waals surface area contributed by atoms with Gasteiger partial charge >= 0.3 is 30.3 Å². The van der Waals surface area contributed by atoms with E-state index in [9.17, 15) is 38.4 Å². The number of primary amides is 1. The minimum Gasteiger partial charge on any atom is -0.481 e. The smallest absolute Gasteiger partial charge is 0.342 e. The predicted octanol–water partition coefficient (Wildman–Crippen LogP) is -1.78. The number of allylic oxidation sites excluding steroid dienone is 1. The van der Waals surface area contributed by atoms with E-state index in [2.05, 4.69) is 15.4 Å². The summed E-state index contributed by atoms with van der Waals surface area (Å²) in [6.45, 7) is 2.20. The third kappa shape index (κ3) is 11.0. The topological polar surface area (TPSA) is 251 Å².